The van der Waals surface area contributed by atoms with Crippen LogP contribution < -0.4 is 5.32 Å². The highest BCUT2D eigenvalue weighted by molar-refractivity contribution is 6.04. The fourth-order valence-electron chi connectivity index (χ4n) is 2.62. The highest BCUT2D eigenvalue weighted by atomic mass is 16.4. The Labute approximate surface area is 134 Å². The second kappa shape index (κ2) is 7.09. The Kier molecular flexibility index (Phi) is 5.16. The SMILES string of the molecule is CN(C)C(=O)c1ccccc1NC(=O)[C@H]1CC=CC[C@H]1C(=O)O. The van der Waals surface area contributed by atoms with E-state index in [2.05, 4.69) is 5.32 Å². The fourth-order valence-corrected chi connectivity index (χ4v) is 2.62. The van der Waals surface area contributed by atoms with Gasteiger partial charge in [0.1, 0.15) is 0 Å². The number of carbonyl (C=O) groups is 3. The van der Waals surface area contributed by atoms with E-state index in [1.807, 2.05) is 6.08 Å². The molecule has 0 saturated carbocycles. The average Bonchev–Trinajstić information content (AvgIpc) is 2.54. The van der Waals surface area contributed by atoms with Gasteiger partial charge >= 0.3 is 5.97 Å². The molecule has 0 bridgehead atoms. The topological polar surface area (TPSA) is 86.7 Å². The molecule has 23 heavy (non-hydrogen) atoms. The van der Waals surface area contributed by atoms with Crippen LogP contribution in [0.4, 0.5) is 5.69 Å². The zero-order valence-electron chi connectivity index (χ0n) is 13.2. The summed E-state index contributed by atoms with van der Waals surface area (Å²) < 4.78 is 0. The molecule has 122 valence electrons. The van der Waals surface area contributed by atoms with Crippen LogP contribution in [-0.2, 0) is 9.59 Å². The summed E-state index contributed by atoms with van der Waals surface area (Å²) in [6.45, 7) is 0. The third-order valence-corrected chi connectivity index (χ3v) is 3.91. The van der Waals surface area contributed by atoms with Crippen LogP contribution in [0.2, 0.25) is 0 Å². The molecule has 1 aliphatic carbocycles. The predicted molar refractivity (Wildman–Crippen MR) is 86.1 cm³/mol. The van der Waals surface area contributed by atoms with E-state index in [9.17, 15) is 19.5 Å². The lowest BCUT2D eigenvalue weighted by Crippen LogP contribution is -2.35. The Morgan fingerprint density at radius 3 is 2.30 bits per heavy atom. The van der Waals surface area contributed by atoms with Crippen LogP contribution >= 0.6 is 0 Å². The summed E-state index contributed by atoms with van der Waals surface area (Å²) in [6, 6.07) is 6.71. The zero-order valence-corrected chi connectivity index (χ0v) is 13.2. The Bertz CT molecular complexity index is 652. The number of aliphatic carboxylic acids is 1. The maximum Gasteiger partial charge on any atom is 0.307 e. The van der Waals surface area contributed by atoms with E-state index in [1.54, 1.807) is 44.4 Å². The molecular weight excluding hydrogens is 296 g/mol. The van der Waals surface area contributed by atoms with Crippen LogP contribution in [0.3, 0.4) is 0 Å². The van der Waals surface area contributed by atoms with E-state index in [1.165, 1.54) is 4.90 Å². The van der Waals surface area contributed by atoms with Gasteiger partial charge in [0.15, 0.2) is 0 Å². The van der Waals surface area contributed by atoms with Gasteiger partial charge in [0.25, 0.3) is 5.91 Å². The van der Waals surface area contributed by atoms with Crippen LogP contribution in [0.15, 0.2) is 36.4 Å². The van der Waals surface area contributed by atoms with Crippen LogP contribution in [0.5, 0.6) is 0 Å². The number of carbonyl (C=O) groups excluding carboxylic acids is 2. The van der Waals surface area contributed by atoms with Gasteiger partial charge < -0.3 is 15.3 Å². The summed E-state index contributed by atoms with van der Waals surface area (Å²) in [4.78, 5) is 37.4. The van der Waals surface area contributed by atoms with E-state index in [0.29, 0.717) is 24.1 Å². The first-order valence-electron chi connectivity index (χ1n) is 7.41. The number of hydrogen-bond acceptors (Lipinski definition) is 3. The van der Waals surface area contributed by atoms with Crippen LogP contribution in [-0.4, -0.2) is 41.9 Å². The van der Waals surface area contributed by atoms with Gasteiger partial charge in [0.05, 0.1) is 23.1 Å². The Morgan fingerprint density at radius 2 is 1.70 bits per heavy atom. The lowest BCUT2D eigenvalue weighted by molar-refractivity contribution is -0.146. The van der Waals surface area contributed by atoms with Crippen LogP contribution in [0, 0.1) is 11.8 Å². The summed E-state index contributed by atoms with van der Waals surface area (Å²) in [5.41, 5.74) is 0.777. The summed E-state index contributed by atoms with van der Waals surface area (Å²) >= 11 is 0. The number of para-hydroxylation sites is 1. The number of allylic oxidation sites excluding steroid dienone is 2. The summed E-state index contributed by atoms with van der Waals surface area (Å²) in [6.07, 6.45) is 4.32. The first-order valence-corrected chi connectivity index (χ1v) is 7.41. The molecule has 0 unspecified atom stereocenters. The molecule has 6 nitrogen and oxygen atoms in total. The number of nitrogens with zero attached hydrogens (tertiary/aromatic N) is 1. The van der Waals surface area contributed by atoms with Gasteiger partial charge in [-0.2, -0.15) is 0 Å². The number of benzene rings is 1. The Balaban J connectivity index is 2.22. The lowest BCUT2D eigenvalue weighted by atomic mass is 9.82. The summed E-state index contributed by atoms with van der Waals surface area (Å²) in [7, 11) is 3.26. The van der Waals surface area contributed by atoms with E-state index in [4.69, 9.17) is 0 Å². The fraction of sp³-hybridized carbons (Fsp3) is 0.353. The molecule has 0 spiro atoms. The minimum atomic E-state index is -0.979. The Hall–Kier alpha value is -2.63. The molecule has 2 rings (SSSR count). The number of carboxylic acids is 1. The van der Waals surface area contributed by atoms with Crippen LogP contribution in [0.25, 0.3) is 0 Å². The van der Waals surface area contributed by atoms with Crippen LogP contribution in [0.1, 0.15) is 23.2 Å². The van der Waals surface area contributed by atoms with E-state index >= 15 is 0 Å². The molecule has 1 aromatic rings. The van der Waals surface area contributed by atoms with Crippen molar-refractivity contribution >= 4 is 23.5 Å². The van der Waals surface area contributed by atoms with Crippen molar-refractivity contribution in [3.63, 3.8) is 0 Å². The van der Waals surface area contributed by atoms with Crippen molar-refractivity contribution in [2.24, 2.45) is 11.8 Å². The number of amides is 2. The summed E-state index contributed by atoms with van der Waals surface area (Å²) in [5.74, 6) is -2.95. The van der Waals surface area contributed by atoms with Gasteiger partial charge in [0.2, 0.25) is 5.91 Å². The first-order chi connectivity index (χ1) is 10.9. The molecule has 2 amide bonds. The van der Waals surface area contributed by atoms with Crippen molar-refractivity contribution in [3.8, 4) is 0 Å². The minimum Gasteiger partial charge on any atom is -0.481 e. The highest BCUT2D eigenvalue weighted by Gasteiger charge is 2.34. The lowest BCUT2D eigenvalue weighted by Gasteiger charge is -2.24. The molecular formula is C17H20N2O4. The zero-order chi connectivity index (χ0) is 17.0. The number of carboxylic acid groups (broad SMARTS) is 1. The quantitative estimate of drug-likeness (QED) is 0.832. The van der Waals surface area contributed by atoms with E-state index < -0.39 is 17.8 Å². The molecule has 1 aromatic carbocycles. The van der Waals surface area contributed by atoms with Crippen molar-refractivity contribution in [1.82, 2.24) is 4.90 Å². The molecule has 0 heterocycles. The molecule has 6 heteroatoms. The molecule has 2 atom stereocenters. The minimum absolute atomic E-state index is 0.223. The number of hydrogen-bond donors (Lipinski definition) is 2. The average molecular weight is 316 g/mol. The number of nitrogens with one attached hydrogen (secondary N) is 1. The predicted octanol–water partition coefficient (Wildman–Crippen LogP) is 1.99. The van der Waals surface area contributed by atoms with Crippen molar-refractivity contribution in [1.29, 1.82) is 0 Å². The van der Waals surface area contributed by atoms with Gasteiger partial charge in [-0.05, 0) is 25.0 Å². The second-order valence-corrected chi connectivity index (χ2v) is 5.73. The molecule has 2 N–H and O–H groups in total. The Morgan fingerprint density at radius 1 is 1.09 bits per heavy atom. The van der Waals surface area contributed by atoms with Crippen molar-refractivity contribution in [2.45, 2.75) is 12.8 Å². The van der Waals surface area contributed by atoms with Gasteiger partial charge in [-0.1, -0.05) is 24.3 Å². The van der Waals surface area contributed by atoms with E-state index in [0.717, 1.165) is 0 Å². The summed E-state index contributed by atoms with van der Waals surface area (Å²) in [5, 5.41) is 12.0. The van der Waals surface area contributed by atoms with Crippen molar-refractivity contribution in [2.75, 3.05) is 19.4 Å². The third-order valence-electron chi connectivity index (χ3n) is 3.91. The van der Waals surface area contributed by atoms with Gasteiger partial charge in [-0.3, -0.25) is 14.4 Å². The maximum absolute atomic E-state index is 12.5. The molecule has 0 fully saturated rings. The largest absolute Gasteiger partial charge is 0.481 e. The van der Waals surface area contributed by atoms with Gasteiger partial charge in [0, 0.05) is 14.1 Å². The van der Waals surface area contributed by atoms with Crippen molar-refractivity contribution in [3.05, 3.63) is 42.0 Å². The smallest absolute Gasteiger partial charge is 0.307 e. The molecule has 0 saturated heterocycles. The maximum atomic E-state index is 12.5. The molecule has 0 aromatic heterocycles. The number of rotatable bonds is 4. The van der Waals surface area contributed by atoms with Gasteiger partial charge in [-0.25, -0.2) is 0 Å². The second-order valence-electron chi connectivity index (χ2n) is 5.73. The van der Waals surface area contributed by atoms with Crippen molar-refractivity contribution < 1.29 is 19.5 Å². The molecule has 0 radical (unpaired) electrons. The molecule has 1 aliphatic rings. The molecule has 0 aliphatic heterocycles. The standard InChI is InChI=1S/C17H20N2O4/c1-19(2)16(21)13-9-5-6-10-14(13)18-15(20)11-7-3-4-8-12(11)17(22)23/h3-6,9-12H,7-8H2,1-2H3,(H,18,20)(H,22,23)/t11-,12+/m0/s1. The van der Waals surface area contributed by atoms with Gasteiger partial charge in [-0.15, -0.1) is 0 Å². The number of anilines is 1. The monoisotopic (exact) mass is 316 g/mol. The third kappa shape index (κ3) is 3.77. The van der Waals surface area contributed by atoms with E-state index in [-0.39, 0.29) is 11.8 Å². The first kappa shape index (κ1) is 16.7. The normalized spacial score (nSPS) is 19.9. The highest BCUT2D eigenvalue weighted by Crippen LogP contribution is 2.28.